The van der Waals surface area contributed by atoms with Crippen molar-refractivity contribution < 1.29 is 9.59 Å². The van der Waals surface area contributed by atoms with Crippen LogP contribution < -0.4 is 10.6 Å². The van der Waals surface area contributed by atoms with E-state index in [0.29, 0.717) is 27.2 Å². The first-order valence-corrected chi connectivity index (χ1v) is 10.2. The molecular formula is C18H18BrClN2O2S. The summed E-state index contributed by atoms with van der Waals surface area (Å²) in [5, 5.41) is 6.23. The van der Waals surface area contributed by atoms with Crippen LogP contribution in [-0.2, 0) is 4.79 Å². The lowest BCUT2D eigenvalue weighted by atomic mass is 10.1. The van der Waals surface area contributed by atoms with Crippen molar-refractivity contribution in [3.05, 3.63) is 63.6 Å². The highest BCUT2D eigenvalue weighted by Gasteiger charge is 2.22. The number of carbonyl (C=O) groups excluding carboxylic acids is 2. The zero-order valence-electron chi connectivity index (χ0n) is 13.6. The van der Waals surface area contributed by atoms with Crippen molar-refractivity contribution in [3.63, 3.8) is 0 Å². The second-order valence-electron chi connectivity index (χ2n) is 5.28. The molecule has 4 nitrogen and oxygen atoms in total. The fraction of sp³-hybridized carbons (Fsp3) is 0.222. The molecule has 2 N–H and O–H groups in total. The third-order valence-electron chi connectivity index (χ3n) is 3.46. The Morgan fingerprint density at radius 1 is 1.16 bits per heavy atom. The minimum atomic E-state index is -0.622. The number of hydrogen-bond acceptors (Lipinski definition) is 3. The second-order valence-corrected chi connectivity index (χ2v) is 7.56. The van der Waals surface area contributed by atoms with Crippen LogP contribution in [0.3, 0.4) is 0 Å². The van der Waals surface area contributed by atoms with Crippen molar-refractivity contribution in [1.82, 2.24) is 5.32 Å². The molecule has 0 aromatic heterocycles. The number of carbonyl (C=O) groups is 2. The summed E-state index contributed by atoms with van der Waals surface area (Å²) in [4.78, 5) is 25.1. The van der Waals surface area contributed by atoms with Gasteiger partial charge in [-0.15, -0.1) is 0 Å². The van der Waals surface area contributed by atoms with Gasteiger partial charge in [-0.05, 0) is 70.8 Å². The van der Waals surface area contributed by atoms with E-state index in [2.05, 4.69) is 26.6 Å². The molecule has 0 bridgehead atoms. The summed E-state index contributed by atoms with van der Waals surface area (Å²) in [5.74, 6) is 0.219. The van der Waals surface area contributed by atoms with Gasteiger partial charge in [0.25, 0.3) is 5.91 Å². The fourth-order valence-corrected chi connectivity index (χ4v) is 3.21. The molecule has 0 aliphatic heterocycles. The van der Waals surface area contributed by atoms with Crippen LogP contribution in [0.2, 0.25) is 5.02 Å². The predicted octanol–water partition coefficient (Wildman–Crippen LogP) is 4.59. The summed E-state index contributed by atoms with van der Waals surface area (Å²) in [6.45, 7) is 0. The van der Waals surface area contributed by atoms with E-state index in [4.69, 9.17) is 11.6 Å². The Kier molecular flexibility index (Phi) is 7.81. The first-order chi connectivity index (χ1) is 12.0. The standard InChI is InChI=1S/C18H18BrClN2O2S/c1-25-11-10-16(18(24)21-13-8-6-12(20)7-9-13)22-17(23)14-4-2-3-5-15(14)19/h2-9,16H,10-11H2,1H3,(H,21,24)(H,22,23). The van der Waals surface area contributed by atoms with Crippen LogP contribution in [0.4, 0.5) is 5.69 Å². The molecule has 132 valence electrons. The summed E-state index contributed by atoms with van der Waals surface area (Å²) >= 11 is 10.8. The SMILES string of the molecule is CSCCC(NC(=O)c1ccccc1Br)C(=O)Nc1ccc(Cl)cc1. The molecule has 0 heterocycles. The average Bonchev–Trinajstić information content (AvgIpc) is 2.60. The molecule has 0 saturated carbocycles. The molecule has 2 aromatic carbocycles. The van der Waals surface area contributed by atoms with Crippen LogP contribution in [-0.4, -0.2) is 29.9 Å². The molecule has 0 spiro atoms. The van der Waals surface area contributed by atoms with Crippen molar-refractivity contribution >= 4 is 56.8 Å². The Morgan fingerprint density at radius 3 is 2.48 bits per heavy atom. The number of rotatable bonds is 7. The van der Waals surface area contributed by atoms with Gasteiger partial charge in [0.1, 0.15) is 6.04 Å². The maximum Gasteiger partial charge on any atom is 0.253 e. The lowest BCUT2D eigenvalue weighted by molar-refractivity contribution is -0.118. The molecule has 1 unspecified atom stereocenters. The third kappa shape index (κ3) is 6.06. The Balaban J connectivity index is 2.09. The minimum absolute atomic E-state index is 0.253. The van der Waals surface area contributed by atoms with E-state index < -0.39 is 6.04 Å². The first-order valence-electron chi connectivity index (χ1n) is 7.62. The maximum absolute atomic E-state index is 12.6. The number of amides is 2. The van der Waals surface area contributed by atoms with E-state index in [1.54, 1.807) is 54.2 Å². The van der Waals surface area contributed by atoms with Gasteiger partial charge in [-0.2, -0.15) is 11.8 Å². The molecule has 0 aliphatic carbocycles. The van der Waals surface area contributed by atoms with Crippen molar-refractivity contribution in [2.75, 3.05) is 17.3 Å². The zero-order valence-corrected chi connectivity index (χ0v) is 16.7. The molecule has 2 rings (SSSR count). The summed E-state index contributed by atoms with van der Waals surface area (Å²) in [6.07, 6.45) is 2.50. The lowest BCUT2D eigenvalue weighted by Gasteiger charge is -2.18. The van der Waals surface area contributed by atoms with E-state index in [9.17, 15) is 9.59 Å². The molecule has 2 aromatic rings. The van der Waals surface area contributed by atoms with Crippen LogP contribution >= 0.6 is 39.3 Å². The monoisotopic (exact) mass is 440 g/mol. The van der Waals surface area contributed by atoms with E-state index in [1.807, 2.05) is 12.3 Å². The van der Waals surface area contributed by atoms with E-state index >= 15 is 0 Å². The summed E-state index contributed by atoms with van der Waals surface area (Å²) in [5.41, 5.74) is 1.13. The number of benzene rings is 2. The molecule has 25 heavy (non-hydrogen) atoms. The van der Waals surface area contributed by atoms with E-state index in [0.717, 1.165) is 5.75 Å². The predicted molar refractivity (Wildman–Crippen MR) is 108 cm³/mol. The van der Waals surface area contributed by atoms with Gasteiger partial charge in [0.05, 0.1) is 5.56 Å². The van der Waals surface area contributed by atoms with Gasteiger partial charge >= 0.3 is 0 Å². The van der Waals surface area contributed by atoms with Gasteiger partial charge in [0.15, 0.2) is 0 Å². The van der Waals surface area contributed by atoms with Crippen LogP contribution in [0.1, 0.15) is 16.8 Å². The molecule has 2 amide bonds. The molecule has 0 saturated heterocycles. The van der Waals surface area contributed by atoms with Gasteiger partial charge < -0.3 is 10.6 Å². The number of hydrogen-bond donors (Lipinski definition) is 2. The number of thioether (sulfide) groups is 1. The molecule has 0 fully saturated rings. The van der Waals surface area contributed by atoms with Gasteiger partial charge in [-0.1, -0.05) is 23.7 Å². The molecule has 7 heteroatoms. The lowest BCUT2D eigenvalue weighted by Crippen LogP contribution is -2.44. The highest BCUT2D eigenvalue weighted by Crippen LogP contribution is 2.17. The second kappa shape index (κ2) is 9.85. The fourth-order valence-electron chi connectivity index (χ4n) is 2.15. The first kappa shape index (κ1) is 19.8. The number of halogens is 2. The average molecular weight is 442 g/mol. The van der Waals surface area contributed by atoms with Crippen LogP contribution in [0.5, 0.6) is 0 Å². The van der Waals surface area contributed by atoms with E-state index in [-0.39, 0.29) is 11.8 Å². The van der Waals surface area contributed by atoms with Crippen LogP contribution in [0.15, 0.2) is 53.0 Å². The quantitative estimate of drug-likeness (QED) is 0.660. The molecular weight excluding hydrogens is 424 g/mol. The summed E-state index contributed by atoms with van der Waals surface area (Å²) in [6, 6.07) is 13.3. The number of anilines is 1. The normalized spacial score (nSPS) is 11.6. The van der Waals surface area contributed by atoms with Crippen LogP contribution in [0.25, 0.3) is 0 Å². The maximum atomic E-state index is 12.6. The molecule has 0 radical (unpaired) electrons. The molecule has 0 aliphatic rings. The Morgan fingerprint density at radius 2 is 1.84 bits per heavy atom. The van der Waals surface area contributed by atoms with Crippen molar-refractivity contribution in [2.45, 2.75) is 12.5 Å². The Hall–Kier alpha value is -1.50. The van der Waals surface area contributed by atoms with Gasteiger partial charge in [0.2, 0.25) is 5.91 Å². The van der Waals surface area contributed by atoms with Crippen molar-refractivity contribution in [3.8, 4) is 0 Å². The zero-order chi connectivity index (χ0) is 18.2. The van der Waals surface area contributed by atoms with Gasteiger partial charge in [0, 0.05) is 15.2 Å². The number of nitrogens with one attached hydrogen (secondary N) is 2. The van der Waals surface area contributed by atoms with Crippen molar-refractivity contribution in [2.24, 2.45) is 0 Å². The van der Waals surface area contributed by atoms with Crippen molar-refractivity contribution in [1.29, 1.82) is 0 Å². The van der Waals surface area contributed by atoms with Gasteiger partial charge in [-0.3, -0.25) is 9.59 Å². The minimum Gasteiger partial charge on any atom is -0.340 e. The smallest absolute Gasteiger partial charge is 0.253 e. The van der Waals surface area contributed by atoms with E-state index in [1.165, 1.54) is 0 Å². The molecule has 1 atom stereocenters. The topological polar surface area (TPSA) is 58.2 Å². The largest absolute Gasteiger partial charge is 0.340 e. The Labute approximate surface area is 164 Å². The Bertz CT molecular complexity index is 740. The summed E-state index contributed by atoms with van der Waals surface area (Å²) in [7, 11) is 0. The highest BCUT2D eigenvalue weighted by molar-refractivity contribution is 9.10. The summed E-state index contributed by atoms with van der Waals surface area (Å²) < 4.78 is 0.689. The highest BCUT2D eigenvalue weighted by atomic mass is 79.9. The third-order valence-corrected chi connectivity index (χ3v) is 5.05. The van der Waals surface area contributed by atoms with Crippen LogP contribution in [0, 0.1) is 0 Å². The van der Waals surface area contributed by atoms with Gasteiger partial charge in [-0.25, -0.2) is 0 Å².